The minimum Gasteiger partial charge on any atom is -0.398 e. The molecule has 0 aliphatic carbocycles. The topological polar surface area (TPSA) is 84.9 Å². The minimum absolute atomic E-state index is 0.151. The molecule has 0 fully saturated rings. The number of hydrogen-bond acceptors (Lipinski definition) is 3. The maximum absolute atomic E-state index is 11.1. The Kier molecular flexibility index (Phi) is 4.02. The molecule has 112 valence electrons. The number of nitro groups is 1. The van der Waals surface area contributed by atoms with E-state index in [1.807, 2.05) is 42.6 Å². The fourth-order valence-electron chi connectivity index (χ4n) is 2.67. The van der Waals surface area contributed by atoms with Crippen LogP contribution in [0.15, 0.2) is 48.7 Å². The number of nitrogens with two attached hydrogens (primary N) is 1. The third-order valence-electron chi connectivity index (χ3n) is 3.76. The SMILES string of the molecule is Nc1ccc(C(C[N+](=O)[O-])c2c[nH]c3ccccc23)cc1I. The van der Waals surface area contributed by atoms with Gasteiger partial charge in [-0.05, 0) is 51.9 Å². The number of rotatable bonds is 4. The molecule has 22 heavy (non-hydrogen) atoms. The molecule has 1 unspecified atom stereocenters. The van der Waals surface area contributed by atoms with E-state index < -0.39 is 0 Å². The van der Waals surface area contributed by atoms with Crippen molar-refractivity contribution in [3.63, 3.8) is 0 Å². The van der Waals surface area contributed by atoms with Gasteiger partial charge in [0.15, 0.2) is 0 Å². The summed E-state index contributed by atoms with van der Waals surface area (Å²) in [6, 6.07) is 13.4. The van der Waals surface area contributed by atoms with Gasteiger partial charge in [-0.3, -0.25) is 10.1 Å². The van der Waals surface area contributed by atoms with Gasteiger partial charge in [0.1, 0.15) is 0 Å². The maximum Gasteiger partial charge on any atom is 0.214 e. The molecular formula is C16H14IN3O2. The fraction of sp³-hybridized carbons (Fsp3) is 0.125. The summed E-state index contributed by atoms with van der Waals surface area (Å²) in [7, 11) is 0. The Morgan fingerprint density at radius 1 is 1.27 bits per heavy atom. The molecule has 0 bridgehead atoms. The summed E-state index contributed by atoms with van der Waals surface area (Å²) in [5.74, 6) is -0.305. The molecule has 0 saturated heterocycles. The van der Waals surface area contributed by atoms with E-state index in [9.17, 15) is 10.1 Å². The van der Waals surface area contributed by atoms with Gasteiger partial charge >= 0.3 is 0 Å². The molecule has 0 aliphatic rings. The van der Waals surface area contributed by atoms with Gasteiger partial charge in [-0.15, -0.1) is 0 Å². The summed E-state index contributed by atoms with van der Waals surface area (Å²) in [6.07, 6.45) is 1.86. The lowest BCUT2D eigenvalue weighted by Gasteiger charge is -2.14. The molecule has 1 aromatic heterocycles. The first-order valence-electron chi connectivity index (χ1n) is 6.79. The number of para-hydroxylation sites is 1. The van der Waals surface area contributed by atoms with E-state index in [0.29, 0.717) is 5.69 Å². The number of nitrogen functional groups attached to an aromatic ring is 1. The second kappa shape index (κ2) is 5.96. The van der Waals surface area contributed by atoms with Crippen LogP contribution in [0.25, 0.3) is 10.9 Å². The Balaban J connectivity index is 2.13. The van der Waals surface area contributed by atoms with Crippen LogP contribution in [0.2, 0.25) is 0 Å². The Morgan fingerprint density at radius 2 is 2.05 bits per heavy atom. The van der Waals surface area contributed by atoms with Gasteiger partial charge in [-0.25, -0.2) is 0 Å². The molecule has 2 aromatic carbocycles. The summed E-state index contributed by atoms with van der Waals surface area (Å²) in [5, 5.41) is 12.1. The van der Waals surface area contributed by atoms with Crippen molar-refractivity contribution in [2.24, 2.45) is 0 Å². The van der Waals surface area contributed by atoms with Gasteiger partial charge < -0.3 is 10.7 Å². The third-order valence-corrected chi connectivity index (χ3v) is 4.69. The van der Waals surface area contributed by atoms with Crippen LogP contribution in [0.3, 0.4) is 0 Å². The second-order valence-corrected chi connectivity index (χ2v) is 6.30. The van der Waals surface area contributed by atoms with Gasteiger partial charge in [0.2, 0.25) is 6.54 Å². The number of nitrogens with one attached hydrogen (secondary N) is 1. The van der Waals surface area contributed by atoms with Crippen LogP contribution < -0.4 is 5.73 Å². The number of anilines is 1. The van der Waals surface area contributed by atoms with Crippen LogP contribution in [-0.4, -0.2) is 16.5 Å². The summed E-state index contributed by atoms with van der Waals surface area (Å²) in [4.78, 5) is 14.1. The smallest absolute Gasteiger partial charge is 0.214 e. The van der Waals surface area contributed by atoms with Crippen LogP contribution in [0.4, 0.5) is 5.69 Å². The number of aromatic nitrogens is 1. The average Bonchev–Trinajstić information content (AvgIpc) is 2.91. The molecule has 0 spiro atoms. The zero-order chi connectivity index (χ0) is 15.7. The Bertz CT molecular complexity index is 844. The van der Waals surface area contributed by atoms with E-state index in [4.69, 9.17) is 5.73 Å². The van der Waals surface area contributed by atoms with Crippen LogP contribution in [-0.2, 0) is 0 Å². The van der Waals surface area contributed by atoms with Crippen LogP contribution in [0, 0.1) is 13.7 Å². The standard InChI is InChI=1S/C16H14IN3O2/c17-14-7-10(5-6-15(14)18)13(9-20(21)22)12-8-19-16-4-2-1-3-11(12)16/h1-8,13,19H,9,18H2. The highest BCUT2D eigenvalue weighted by Gasteiger charge is 2.23. The van der Waals surface area contributed by atoms with Gasteiger partial charge in [0.25, 0.3) is 0 Å². The molecule has 0 radical (unpaired) electrons. The monoisotopic (exact) mass is 407 g/mol. The van der Waals surface area contributed by atoms with Gasteiger partial charge in [-0.1, -0.05) is 24.3 Å². The van der Waals surface area contributed by atoms with E-state index in [2.05, 4.69) is 27.6 Å². The number of hydrogen-bond donors (Lipinski definition) is 2. The number of halogens is 1. The Hall–Kier alpha value is -2.09. The van der Waals surface area contributed by atoms with Crippen LogP contribution in [0.1, 0.15) is 17.0 Å². The van der Waals surface area contributed by atoms with E-state index in [-0.39, 0.29) is 17.4 Å². The molecule has 3 N–H and O–H groups in total. The second-order valence-electron chi connectivity index (χ2n) is 5.14. The number of H-pyrrole nitrogens is 1. The molecule has 1 atom stereocenters. The molecule has 0 aliphatic heterocycles. The van der Waals surface area contributed by atoms with E-state index in [0.717, 1.165) is 25.6 Å². The molecule has 5 nitrogen and oxygen atoms in total. The highest BCUT2D eigenvalue weighted by Crippen LogP contribution is 2.32. The van der Waals surface area contributed by atoms with Crippen molar-refractivity contribution in [1.82, 2.24) is 4.98 Å². The van der Waals surface area contributed by atoms with Gasteiger partial charge in [0.05, 0.1) is 5.92 Å². The summed E-state index contributed by atoms with van der Waals surface area (Å²) >= 11 is 2.15. The van der Waals surface area contributed by atoms with Crippen LogP contribution >= 0.6 is 22.6 Å². The summed E-state index contributed by atoms with van der Waals surface area (Å²) < 4.78 is 0.906. The molecule has 0 saturated carbocycles. The molecule has 3 rings (SSSR count). The van der Waals surface area contributed by atoms with Crippen molar-refractivity contribution in [3.8, 4) is 0 Å². The molecular weight excluding hydrogens is 393 g/mol. The normalized spacial score (nSPS) is 12.4. The first kappa shape index (κ1) is 14.8. The lowest BCUT2D eigenvalue weighted by atomic mass is 9.91. The fourth-order valence-corrected chi connectivity index (χ4v) is 3.21. The van der Waals surface area contributed by atoms with Crippen molar-refractivity contribution in [2.45, 2.75) is 5.92 Å². The predicted octanol–water partition coefficient (Wildman–Crippen LogP) is 3.76. The highest BCUT2D eigenvalue weighted by atomic mass is 127. The maximum atomic E-state index is 11.1. The zero-order valence-electron chi connectivity index (χ0n) is 11.6. The first-order valence-corrected chi connectivity index (χ1v) is 7.87. The van der Waals surface area contributed by atoms with E-state index in [1.165, 1.54) is 0 Å². The molecule has 0 amide bonds. The van der Waals surface area contributed by atoms with Crippen molar-refractivity contribution in [2.75, 3.05) is 12.3 Å². The Morgan fingerprint density at radius 3 is 2.77 bits per heavy atom. The highest BCUT2D eigenvalue weighted by molar-refractivity contribution is 14.1. The van der Waals surface area contributed by atoms with E-state index in [1.54, 1.807) is 6.07 Å². The number of benzene rings is 2. The number of fused-ring (bicyclic) bond motifs is 1. The lowest BCUT2D eigenvalue weighted by Crippen LogP contribution is -2.14. The summed E-state index contributed by atoms with van der Waals surface area (Å²) in [5.41, 5.74) is 9.36. The molecule has 6 heteroatoms. The predicted molar refractivity (Wildman–Crippen MR) is 95.6 cm³/mol. The van der Waals surface area contributed by atoms with Crippen molar-refractivity contribution < 1.29 is 4.92 Å². The van der Waals surface area contributed by atoms with E-state index >= 15 is 0 Å². The Labute approximate surface area is 140 Å². The summed E-state index contributed by atoms with van der Waals surface area (Å²) in [6.45, 7) is -0.151. The lowest BCUT2D eigenvalue weighted by molar-refractivity contribution is -0.481. The van der Waals surface area contributed by atoms with Crippen molar-refractivity contribution in [1.29, 1.82) is 0 Å². The van der Waals surface area contributed by atoms with Gasteiger partial charge in [-0.2, -0.15) is 0 Å². The number of aromatic amines is 1. The zero-order valence-corrected chi connectivity index (χ0v) is 13.8. The van der Waals surface area contributed by atoms with Crippen LogP contribution in [0.5, 0.6) is 0 Å². The average molecular weight is 407 g/mol. The minimum atomic E-state index is -0.305. The number of nitrogens with zero attached hydrogens (tertiary/aromatic N) is 1. The van der Waals surface area contributed by atoms with Crippen molar-refractivity contribution in [3.05, 3.63) is 73.5 Å². The van der Waals surface area contributed by atoms with Crippen molar-refractivity contribution >= 4 is 39.2 Å². The molecule has 1 heterocycles. The van der Waals surface area contributed by atoms with Gasteiger partial charge in [0, 0.05) is 31.3 Å². The quantitative estimate of drug-likeness (QED) is 0.299. The molecule has 3 aromatic rings. The third kappa shape index (κ3) is 2.78. The first-order chi connectivity index (χ1) is 10.6. The largest absolute Gasteiger partial charge is 0.398 e.